The molecule has 1 saturated heterocycles. The summed E-state index contributed by atoms with van der Waals surface area (Å²) in [6, 6.07) is 0. The summed E-state index contributed by atoms with van der Waals surface area (Å²) < 4.78 is 13.3. The molecule has 0 aromatic heterocycles. The zero-order valence-electron chi connectivity index (χ0n) is 21.5. The van der Waals surface area contributed by atoms with Crippen LogP contribution in [0.4, 0.5) is 0 Å². The van der Waals surface area contributed by atoms with Gasteiger partial charge in [-0.15, -0.1) is 0 Å². The first-order valence-corrected chi connectivity index (χ1v) is 12.1. The van der Waals surface area contributed by atoms with E-state index in [4.69, 9.17) is 9.47 Å². The second-order valence-electron chi connectivity index (χ2n) is 11.1. The standard InChI is InChI=1S/C25H47N3O3/c1-10-13-14-25(30-18-23(6,7)19-31-25)24(26-27(8)9)16-15-22(4,5)17-20(24)21(29)28(11-2)12-3/h13-14,20,26H,10-12,15-19H2,1-9H3/b14-13-. The minimum absolute atomic E-state index is 0.0603. The fraction of sp³-hybridized carbons (Fsp3) is 0.880. The molecule has 1 saturated carbocycles. The van der Waals surface area contributed by atoms with Crippen molar-refractivity contribution in [2.45, 2.75) is 85.5 Å². The SMILES string of the molecule is CC/C=C\C1(C2(NN(C)C)CCC(C)(C)CC2C(=O)N(CC)CC)OCC(C)(C)CO1. The summed E-state index contributed by atoms with van der Waals surface area (Å²) in [6.45, 7) is 17.7. The monoisotopic (exact) mass is 437 g/mol. The van der Waals surface area contributed by atoms with Gasteiger partial charge in [0.2, 0.25) is 11.7 Å². The minimum Gasteiger partial charge on any atom is -0.344 e. The van der Waals surface area contributed by atoms with Crippen molar-refractivity contribution >= 4 is 5.91 Å². The van der Waals surface area contributed by atoms with Gasteiger partial charge in [-0.25, -0.2) is 10.4 Å². The lowest BCUT2D eigenvalue weighted by Crippen LogP contribution is -2.75. The van der Waals surface area contributed by atoms with Crippen LogP contribution in [-0.2, 0) is 14.3 Å². The van der Waals surface area contributed by atoms with E-state index in [0.717, 1.165) is 25.7 Å². The van der Waals surface area contributed by atoms with E-state index in [9.17, 15) is 4.79 Å². The average molecular weight is 438 g/mol. The molecule has 0 bridgehead atoms. The second kappa shape index (κ2) is 9.90. The highest BCUT2D eigenvalue weighted by Gasteiger charge is 2.64. The van der Waals surface area contributed by atoms with Crippen molar-refractivity contribution in [3.63, 3.8) is 0 Å². The van der Waals surface area contributed by atoms with Crippen LogP contribution in [0.15, 0.2) is 12.2 Å². The number of allylic oxidation sites excluding steroid dienone is 1. The third kappa shape index (κ3) is 5.52. The highest BCUT2D eigenvalue weighted by Crippen LogP contribution is 2.53. The molecule has 2 atom stereocenters. The van der Waals surface area contributed by atoms with Crippen molar-refractivity contribution in [3.8, 4) is 0 Å². The van der Waals surface area contributed by atoms with Gasteiger partial charge in [-0.2, -0.15) is 0 Å². The number of carbonyl (C=O) groups is 1. The van der Waals surface area contributed by atoms with Gasteiger partial charge in [0.25, 0.3) is 0 Å². The number of ether oxygens (including phenoxy) is 2. The Labute approximate surface area is 190 Å². The van der Waals surface area contributed by atoms with Crippen molar-refractivity contribution < 1.29 is 14.3 Å². The van der Waals surface area contributed by atoms with Gasteiger partial charge in [0, 0.05) is 32.6 Å². The summed E-state index contributed by atoms with van der Waals surface area (Å²) in [5.41, 5.74) is 3.03. The zero-order valence-corrected chi connectivity index (χ0v) is 21.5. The van der Waals surface area contributed by atoms with Gasteiger partial charge in [-0.05, 0) is 51.0 Å². The number of carbonyl (C=O) groups excluding carboxylic acids is 1. The Hall–Kier alpha value is -0.950. The molecule has 0 radical (unpaired) electrons. The van der Waals surface area contributed by atoms with Gasteiger partial charge >= 0.3 is 0 Å². The molecule has 1 heterocycles. The summed E-state index contributed by atoms with van der Waals surface area (Å²) >= 11 is 0. The highest BCUT2D eigenvalue weighted by atomic mass is 16.7. The second-order valence-corrected chi connectivity index (χ2v) is 11.1. The van der Waals surface area contributed by atoms with Crippen molar-refractivity contribution in [1.29, 1.82) is 0 Å². The van der Waals surface area contributed by atoms with Crippen molar-refractivity contribution in [2.75, 3.05) is 40.4 Å². The molecule has 0 spiro atoms. The molecule has 2 aliphatic rings. The minimum atomic E-state index is -0.993. The Bertz CT molecular complexity index is 630. The number of hydrazine groups is 1. The molecule has 1 aliphatic heterocycles. The lowest BCUT2D eigenvalue weighted by molar-refractivity contribution is -0.324. The first-order chi connectivity index (χ1) is 14.4. The molecule has 1 aliphatic carbocycles. The van der Waals surface area contributed by atoms with Gasteiger partial charge in [0.05, 0.1) is 19.1 Å². The molecular formula is C25H47N3O3. The third-order valence-corrected chi connectivity index (χ3v) is 6.89. The lowest BCUT2D eigenvalue weighted by atomic mass is 9.59. The molecule has 6 nitrogen and oxygen atoms in total. The first-order valence-electron chi connectivity index (χ1n) is 12.1. The molecule has 2 unspecified atom stereocenters. The van der Waals surface area contributed by atoms with Crippen molar-refractivity contribution in [3.05, 3.63) is 12.2 Å². The molecule has 1 amide bonds. The largest absolute Gasteiger partial charge is 0.344 e. The van der Waals surface area contributed by atoms with E-state index in [-0.39, 0.29) is 22.7 Å². The van der Waals surface area contributed by atoms with Crippen LogP contribution in [0.5, 0.6) is 0 Å². The predicted molar refractivity (Wildman–Crippen MR) is 126 cm³/mol. The first kappa shape index (κ1) is 26.3. The predicted octanol–water partition coefficient (Wildman–Crippen LogP) is 4.22. The summed E-state index contributed by atoms with van der Waals surface area (Å²) in [7, 11) is 3.98. The Balaban J connectivity index is 2.67. The van der Waals surface area contributed by atoms with E-state index in [0.29, 0.717) is 26.3 Å². The summed E-state index contributed by atoms with van der Waals surface area (Å²) in [5.74, 6) is -1.07. The normalized spacial score (nSPS) is 29.9. The van der Waals surface area contributed by atoms with Gasteiger partial charge in [0.15, 0.2) is 0 Å². The van der Waals surface area contributed by atoms with Crippen molar-refractivity contribution in [1.82, 2.24) is 15.3 Å². The van der Waals surface area contributed by atoms with Gasteiger partial charge in [0.1, 0.15) is 5.54 Å². The quantitative estimate of drug-likeness (QED) is 0.455. The fourth-order valence-electron chi connectivity index (χ4n) is 5.08. The van der Waals surface area contributed by atoms with Gasteiger partial charge in [-0.3, -0.25) is 4.79 Å². The average Bonchev–Trinajstić information content (AvgIpc) is 2.69. The van der Waals surface area contributed by atoms with Crippen LogP contribution < -0.4 is 5.43 Å². The van der Waals surface area contributed by atoms with E-state index in [1.165, 1.54) is 0 Å². The number of nitrogens with one attached hydrogen (secondary N) is 1. The molecular weight excluding hydrogens is 390 g/mol. The van der Waals surface area contributed by atoms with Crippen molar-refractivity contribution in [2.24, 2.45) is 16.7 Å². The molecule has 2 fully saturated rings. The van der Waals surface area contributed by atoms with E-state index in [1.807, 2.05) is 24.0 Å². The lowest BCUT2D eigenvalue weighted by Gasteiger charge is -2.59. The molecule has 180 valence electrons. The number of nitrogens with zero attached hydrogens (tertiary/aromatic N) is 2. The molecule has 0 aromatic carbocycles. The number of amides is 1. The Kier molecular flexibility index (Phi) is 8.40. The highest BCUT2D eigenvalue weighted by molar-refractivity contribution is 5.81. The maximum absolute atomic E-state index is 14.0. The summed E-state index contributed by atoms with van der Waals surface area (Å²) in [4.78, 5) is 15.9. The number of hydrogen-bond acceptors (Lipinski definition) is 5. The van der Waals surface area contributed by atoms with E-state index >= 15 is 0 Å². The van der Waals surface area contributed by atoms with E-state index < -0.39 is 11.3 Å². The van der Waals surface area contributed by atoms with Crippen LogP contribution in [0.1, 0.15) is 74.1 Å². The summed E-state index contributed by atoms with van der Waals surface area (Å²) in [5, 5.41) is 1.97. The van der Waals surface area contributed by atoms with Crippen LogP contribution >= 0.6 is 0 Å². The Morgan fingerprint density at radius 1 is 1.00 bits per heavy atom. The smallest absolute Gasteiger partial charge is 0.227 e. The van der Waals surface area contributed by atoms with E-state index in [2.05, 4.69) is 66.0 Å². The van der Waals surface area contributed by atoms with Crippen LogP contribution in [0, 0.1) is 16.7 Å². The maximum atomic E-state index is 14.0. The van der Waals surface area contributed by atoms with Crippen LogP contribution in [0.3, 0.4) is 0 Å². The molecule has 31 heavy (non-hydrogen) atoms. The molecule has 1 N–H and O–H groups in total. The zero-order chi connectivity index (χ0) is 23.5. The molecule has 2 rings (SSSR count). The van der Waals surface area contributed by atoms with Gasteiger partial charge in [-0.1, -0.05) is 40.7 Å². The summed E-state index contributed by atoms with van der Waals surface area (Å²) in [6.07, 6.45) is 7.67. The van der Waals surface area contributed by atoms with E-state index in [1.54, 1.807) is 0 Å². The van der Waals surface area contributed by atoms with Crippen LogP contribution in [0.25, 0.3) is 0 Å². The number of rotatable bonds is 8. The van der Waals surface area contributed by atoms with Crippen LogP contribution in [-0.4, -0.2) is 67.5 Å². The Morgan fingerprint density at radius 2 is 1.58 bits per heavy atom. The molecule has 0 aromatic rings. The van der Waals surface area contributed by atoms with Crippen LogP contribution in [0.2, 0.25) is 0 Å². The number of hydrogen-bond donors (Lipinski definition) is 1. The third-order valence-electron chi connectivity index (χ3n) is 6.89. The van der Waals surface area contributed by atoms with Gasteiger partial charge < -0.3 is 14.4 Å². The topological polar surface area (TPSA) is 54.0 Å². The fourth-order valence-corrected chi connectivity index (χ4v) is 5.08. The Morgan fingerprint density at radius 3 is 2.06 bits per heavy atom. The molecule has 6 heteroatoms. The maximum Gasteiger partial charge on any atom is 0.227 e.